The molecule has 2 rings (SSSR count). The lowest BCUT2D eigenvalue weighted by molar-refractivity contribution is -0.134. The number of nitriles is 1. The topological polar surface area (TPSA) is 63.0 Å². The second-order valence-corrected chi connectivity index (χ2v) is 5.61. The molecule has 1 aliphatic heterocycles. The molecule has 0 aromatic carbocycles. The summed E-state index contributed by atoms with van der Waals surface area (Å²) in [4.78, 5) is 15.2. The van der Waals surface area contributed by atoms with Gasteiger partial charge in [-0.05, 0) is 48.8 Å². The van der Waals surface area contributed by atoms with Crippen LogP contribution in [0.5, 0.6) is 0 Å². The molecule has 1 unspecified atom stereocenters. The number of unbranched alkanes of at least 4 members (excludes halogenated alkanes) is 1. The van der Waals surface area contributed by atoms with Crippen molar-refractivity contribution in [1.82, 2.24) is 4.98 Å². The molecule has 4 nitrogen and oxygen atoms in total. The number of esters is 1. The average Bonchev–Trinajstić information content (AvgIpc) is 2.87. The van der Waals surface area contributed by atoms with E-state index in [1.54, 1.807) is 18.3 Å². The lowest BCUT2D eigenvalue weighted by atomic mass is 9.89. The van der Waals surface area contributed by atoms with E-state index in [1.807, 2.05) is 6.07 Å². The third kappa shape index (κ3) is 5.20. The monoisotopic (exact) mass is 304 g/mol. The number of nitrogens with zero attached hydrogens (tertiary/aromatic N) is 2. The van der Waals surface area contributed by atoms with Crippen LogP contribution in [-0.4, -0.2) is 17.6 Å². The summed E-state index contributed by atoms with van der Waals surface area (Å²) in [6.07, 6.45) is 7.42. The highest BCUT2D eigenvalue weighted by Gasteiger charge is 2.18. The number of hydrogen-bond donors (Lipinski definition) is 0. The first-order valence-electron chi connectivity index (χ1n) is 7.01. The molecule has 0 saturated heterocycles. The zero-order valence-electron chi connectivity index (χ0n) is 11.7. The number of carbonyl (C=O) groups excluding carboxylic acids is 1. The van der Waals surface area contributed by atoms with Crippen molar-refractivity contribution in [2.24, 2.45) is 5.92 Å². The van der Waals surface area contributed by atoms with Crippen LogP contribution in [0.3, 0.4) is 0 Å². The van der Waals surface area contributed by atoms with Crippen LogP contribution in [0.15, 0.2) is 30.0 Å². The van der Waals surface area contributed by atoms with Crippen LogP contribution in [-0.2, 0) is 16.0 Å². The minimum Gasteiger partial charge on any atom is -0.458 e. The summed E-state index contributed by atoms with van der Waals surface area (Å²) >= 11 is 5.79. The van der Waals surface area contributed by atoms with E-state index in [1.165, 1.54) is 0 Å². The van der Waals surface area contributed by atoms with E-state index in [9.17, 15) is 4.79 Å². The van der Waals surface area contributed by atoms with Crippen molar-refractivity contribution in [3.63, 3.8) is 0 Å². The summed E-state index contributed by atoms with van der Waals surface area (Å²) in [6.45, 7) is 0.395. The summed E-state index contributed by atoms with van der Waals surface area (Å²) in [7, 11) is 0. The van der Waals surface area contributed by atoms with Crippen molar-refractivity contribution in [3.8, 4) is 6.07 Å². The van der Waals surface area contributed by atoms with E-state index >= 15 is 0 Å². The fourth-order valence-electron chi connectivity index (χ4n) is 2.51. The molecule has 0 fully saturated rings. The van der Waals surface area contributed by atoms with Crippen molar-refractivity contribution < 1.29 is 9.53 Å². The van der Waals surface area contributed by atoms with Crippen LogP contribution >= 0.6 is 11.6 Å². The SMILES string of the molecule is N#CCCCC(CC1=CC(=O)OC1)Cc1ccc(Cl)nc1. The largest absolute Gasteiger partial charge is 0.458 e. The maximum absolute atomic E-state index is 11.1. The van der Waals surface area contributed by atoms with Gasteiger partial charge in [0.05, 0.1) is 6.07 Å². The van der Waals surface area contributed by atoms with E-state index in [-0.39, 0.29) is 5.97 Å². The predicted molar refractivity (Wildman–Crippen MR) is 79.6 cm³/mol. The van der Waals surface area contributed by atoms with E-state index in [0.717, 1.165) is 36.8 Å². The third-order valence-electron chi connectivity index (χ3n) is 3.49. The number of carbonyl (C=O) groups is 1. The standard InChI is InChI=1S/C16H17ClN2O2/c17-15-5-4-13(10-19-15)7-12(3-1-2-6-18)8-14-9-16(20)21-11-14/h4-5,9-10,12H,1-3,7-8,11H2. The number of pyridine rings is 1. The molecule has 1 aliphatic rings. The molecule has 2 heterocycles. The molecule has 1 atom stereocenters. The molecule has 1 aromatic heterocycles. The quantitative estimate of drug-likeness (QED) is 0.439. The van der Waals surface area contributed by atoms with Crippen LogP contribution < -0.4 is 0 Å². The number of rotatable bonds is 7. The van der Waals surface area contributed by atoms with Gasteiger partial charge < -0.3 is 4.74 Å². The number of halogens is 1. The Balaban J connectivity index is 1.97. The van der Waals surface area contributed by atoms with Crippen molar-refractivity contribution in [3.05, 3.63) is 40.7 Å². The van der Waals surface area contributed by atoms with Crippen molar-refractivity contribution in [2.45, 2.75) is 32.1 Å². The smallest absolute Gasteiger partial charge is 0.331 e. The Morgan fingerprint density at radius 1 is 1.43 bits per heavy atom. The molecule has 0 amide bonds. The fourth-order valence-corrected chi connectivity index (χ4v) is 2.62. The van der Waals surface area contributed by atoms with Crippen LogP contribution in [0.25, 0.3) is 0 Å². The molecule has 21 heavy (non-hydrogen) atoms. The van der Waals surface area contributed by atoms with Crippen LogP contribution in [0, 0.1) is 17.2 Å². The summed E-state index contributed by atoms with van der Waals surface area (Å²) in [5.41, 5.74) is 2.15. The summed E-state index contributed by atoms with van der Waals surface area (Å²) in [6, 6.07) is 5.92. The summed E-state index contributed by atoms with van der Waals surface area (Å²) < 4.78 is 4.94. The first kappa shape index (κ1) is 15.5. The molecule has 1 aromatic rings. The van der Waals surface area contributed by atoms with Gasteiger partial charge in [0.25, 0.3) is 0 Å². The first-order chi connectivity index (χ1) is 10.2. The second kappa shape index (κ2) is 7.80. The maximum atomic E-state index is 11.1. The zero-order chi connectivity index (χ0) is 15.1. The van der Waals surface area contributed by atoms with Gasteiger partial charge in [0.15, 0.2) is 0 Å². The predicted octanol–water partition coefficient (Wildman–Crippen LogP) is 3.46. The molecule has 0 spiro atoms. The number of cyclic esters (lactones) is 1. The van der Waals surface area contributed by atoms with Gasteiger partial charge in [-0.2, -0.15) is 5.26 Å². The molecule has 0 aliphatic carbocycles. The number of hydrogen-bond acceptors (Lipinski definition) is 4. The van der Waals surface area contributed by atoms with E-state index < -0.39 is 0 Å². The molecule has 5 heteroatoms. The molecular weight excluding hydrogens is 288 g/mol. The minimum atomic E-state index is -0.256. The lowest BCUT2D eigenvalue weighted by Gasteiger charge is -2.16. The van der Waals surface area contributed by atoms with Crippen molar-refractivity contribution in [1.29, 1.82) is 5.26 Å². The van der Waals surface area contributed by atoms with Gasteiger partial charge in [0.2, 0.25) is 0 Å². The Bertz CT molecular complexity index is 561. The fraction of sp³-hybridized carbons (Fsp3) is 0.438. The Labute approximate surface area is 129 Å². The highest BCUT2D eigenvalue weighted by Crippen LogP contribution is 2.25. The lowest BCUT2D eigenvalue weighted by Crippen LogP contribution is -2.07. The Kier molecular flexibility index (Phi) is 5.77. The van der Waals surface area contributed by atoms with Gasteiger partial charge in [-0.1, -0.05) is 17.7 Å². The molecule has 0 saturated carbocycles. The normalized spacial score (nSPS) is 15.2. The maximum Gasteiger partial charge on any atom is 0.331 e. The number of ether oxygens (including phenoxy) is 1. The number of aromatic nitrogens is 1. The van der Waals surface area contributed by atoms with Crippen molar-refractivity contribution >= 4 is 17.6 Å². The zero-order valence-corrected chi connectivity index (χ0v) is 12.5. The third-order valence-corrected chi connectivity index (χ3v) is 3.71. The van der Waals surface area contributed by atoms with E-state index in [2.05, 4.69) is 11.1 Å². The first-order valence-corrected chi connectivity index (χ1v) is 7.38. The van der Waals surface area contributed by atoms with Gasteiger partial charge in [-0.25, -0.2) is 9.78 Å². The van der Waals surface area contributed by atoms with Gasteiger partial charge in [0, 0.05) is 18.7 Å². The van der Waals surface area contributed by atoms with Crippen molar-refractivity contribution in [2.75, 3.05) is 6.61 Å². The van der Waals surface area contributed by atoms with E-state index in [0.29, 0.717) is 24.1 Å². The Morgan fingerprint density at radius 2 is 2.29 bits per heavy atom. The summed E-state index contributed by atoms with van der Waals surface area (Å²) in [5, 5.41) is 9.15. The second-order valence-electron chi connectivity index (χ2n) is 5.22. The Hall–Kier alpha value is -1.86. The molecule has 0 bridgehead atoms. The molecule has 110 valence electrons. The average molecular weight is 305 g/mol. The van der Waals surface area contributed by atoms with Gasteiger partial charge in [0.1, 0.15) is 11.8 Å². The van der Waals surface area contributed by atoms with Gasteiger partial charge in [-0.3, -0.25) is 0 Å². The highest BCUT2D eigenvalue weighted by molar-refractivity contribution is 6.29. The van der Waals surface area contributed by atoms with Crippen LogP contribution in [0.4, 0.5) is 0 Å². The molecule has 0 radical (unpaired) electrons. The summed E-state index contributed by atoms with van der Waals surface area (Å²) in [5.74, 6) is 0.121. The molecule has 0 N–H and O–H groups in total. The molecular formula is C16H17ClN2O2. The Morgan fingerprint density at radius 3 is 2.90 bits per heavy atom. The van der Waals surface area contributed by atoms with E-state index in [4.69, 9.17) is 21.6 Å². The highest BCUT2D eigenvalue weighted by atomic mass is 35.5. The minimum absolute atomic E-state index is 0.256. The van der Waals surface area contributed by atoms with Crippen LogP contribution in [0.1, 0.15) is 31.2 Å². The van der Waals surface area contributed by atoms with Gasteiger partial charge >= 0.3 is 5.97 Å². The van der Waals surface area contributed by atoms with Crippen LogP contribution in [0.2, 0.25) is 5.15 Å². The van der Waals surface area contributed by atoms with Gasteiger partial charge in [-0.15, -0.1) is 0 Å².